The van der Waals surface area contributed by atoms with Gasteiger partial charge >= 0.3 is 0 Å². The van der Waals surface area contributed by atoms with Gasteiger partial charge in [-0.15, -0.1) is 0 Å². The number of nitrogens with one attached hydrogen (secondary N) is 1. The Hall–Kier alpha value is -1.55. The van der Waals surface area contributed by atoms with Gasteiger partial charge in [0.05, 0.1) is 6.61 Å². The minimum atomic E-state index is 0.264. The molecule has 1 aliphatic rings. The van der Waals surface area contributed by atoms with Gasteiger partial charge in [0.2, 0.25) is 5.91 Å². The van der Waals surface area contributed by atoms with Crippen LogP contribution < -0.4 is 10.1 Å². The molecule has 1 saturated heterocycles. The molecule has 1 heterocycles. The highest BCUT2D eigenvalue weighted by Crippen LogP contribution is 2.21. The minimum absolute atomic E-state index is 0.264. The average Bonchev–Trinajstić information content (AvgIpc) is 2.95. The predicted octanol–water partition coefficient (Wildman–Crippen LogP) is 2.09. The maximum Gasteiger partial charge on any atom is 0.222 e. The summed E-state index contributed by atoms with van der Waals surface area (Å²) < 4.78 is 5.61. The van der Waals surface area contributed by atoms with Crippen LogP contribution in [0.1, 0.15) is 25.3 Å². The molecule has 1 aromatic rings. The van der Waals surface area contributed by atoms with Gasteiger partial charge in [-0.05, 0) is 50.9 Å². The molecule has 0 saturated carbocycles. The third-order valence-corrected chi connectivity index (χ3v) is 4.01. The lowest BCUT2D eigenvalue weighted by Crippen LogP contribution is -2.30. The van der Waals surface area contributed by atoms with Gasteiger partial charge in [0.15, 0.2) is 0 Å². The van der Waals surface area contributed by atoms with Crippen molar-refractivity contribution in [1.29, 1.82) is 0 Å². The molecule has 1 fully saturated rings. The Morgan fingerprint density at radius 3 is 3.00 bits per heavy atom. The molecule has 116 valence electrons. The number of rotatable bonds is 7. The molecule has 21 heavy (non-hydrogen) atoms. The fourth-order valence-electron chi connectivity index (χ4n) is 2.92. The van der Waals surface area contributed by atoms with Gasteiger partial charge in [0.25, 0.3) is 0 Å². The molecule has 0 radical (unpaired) electrons. The monoisotopic (exact) mass is 290 g/mol. The summed E-state index contributed by atoms with van der Waals surface area (Å²) in [6.45, 7) is 5.43. The molecule has 1 amide bonds. The minimum Gasteiger partial charge on any atom is -0.494 e. The Labute approximate surface area is 127 Å². The topological polar surface area (TPSA) is 41.6 Å². The molecule has 0 aromatic heterocycles. The number of ether oxygens (including phenoxy) is 1. The number of carbonyl (C=O) groups excluding carboxylic acids is 1. The van der Waals surface area contributed by atoms with Crippen LogP contribution >= 0.6 is 0 Å². The lowest BCUT2D eigenvalue weighted by atomic mass is 10.1. The third-order valence-electron chi connectivity index (χ3n) is 4.01. The first kappa shape index (κ1) is 15.8. The van der Waals surface area contributed by atoms with E-state index >= 15 is 0 Å². The molecule has 2 rings (SSSR count). The van der Waals surface area contributed by atoms with Crippen LogP contribution in [-0.4, -0.2) is 44.1 Å². The van der Waals surface area contributed by atoms with Crippen LogP contribution in [0.25, 0.3) is 0 Å². The zero-order valence-corrected chi connectivity index (χ0v) is 13.1. The van der Waals surface area contributed by atoms with Gasteiger partial charge in [-0.3, -0.25) is 4.79 Å². The van der Waals surface area contributed by atoms with Crippen LogP contribution in [0.15, 0.2) is 24.3 Å². The maximum atomic E-state index is 12.3. The van der Waals surface area contributed by atoms with Gasteiger partial charge in [-0.2, -0.15) is 0 Å². The zero-order valence-electron chi connectivity index (χ0n) is 13.1. The molecule has 0 aliphatic carbocycles. The molecule has 1 aliphatic heterocycles. The number of hydrogen-bond donors (Lipinski definition) is 1. The van der Waals surface area contributed by atoms with Crippen LogP contribution in [-0.2, 0) is 11.2 Å². The Kier molecular flexibility index (Phi) is 6.05. The second-order valence-corrected chi connectivity index (χ2v) is 5.59. The van der Waals surface area contributed by atoms with E-state index in [2.05, 4.69) is 5.32 Å². The summed E-state index contributed by atoms with van der Waals surface area (Å²) in [7, 11) is 1.97. The average molecular weight is 290 g/mol. The number of benzene rings is 1. The zero-order chi connectivity index (χ0) is 15.1. The Morgan fingerprint density at radius 2 is 2.24 bits per heavy atom. The SMILES string of the molecule is CCOc1ccccc1CCC(=O)N1CC[C@@H](CNC)C1. The largest absolute Gasteiger partial charge is 0.494 e. The van der Waals surface area contributed by atoms with Crippen molar-refractivity contribution in [3.05, 3.63) is 29.8 Å². The van der Waals surface area contributed by atoms with Crippen LogP contribution in [0.3, 0.4) is 0 Å². The summed E-state index contributed by atoms with van der Waals surface area (Å²) in [6.07, 6.45) is 2.43. The van der Waals surface area contributed by atoms with Crippen molar-refractivity contribution < 1.29 is 9.53 Å². The van der Waals surface area contributed by atoms with E-state index in [0.29, 0.717) is 18.9 Å². The lowest BCUT2D eigenvalue weighted by Gasteiger charge is -2.17. The quantitative estimate of drug-likeness (QED) is 0.836. The third kappa shape index (κ3) is 4.46. The number of nitrogens with zero attached hydrogens (tertiary/aromatic N) is 1. The van der Waals surface area contributed by atoms with Crippen molar-refractivity contribution in [3.8, 4) is 5.75 Å². The molecule has 0 unspecified atom stereocenters. The smallest absolute Gasteiger partial charge is 0.222 e. The molecule has 1 atom stereocenters. The molecule has 0 bridgehead atoms. The Balaban J connectivity index is 1.84. The van der Waals surface area contributed by atoms with E-state index in [9.17, 15) is 4.79 Å². The van der Waals surface area contributed by atoms with Crippen LogP contribution in [0.4, 0.5) is 0 Å². The molecule has 1 N–H and O–H groups in total. The van der Waals surface area contributed by atoms with Crippen molar-refractivity contribution in [2.75, 3.05) is 33.3 Å². The predicted molar refractivity (Wildman–Crippen MR) is 84.5 cm³/mol. The van der Waals surface area contributed by atoms with Gasteiger partial charge < -0.3 is 15.0 Å². The summed E-state index contributed by atoms with van der Waals surface area (Å²) in [5.41, 5.74) is 1.12. The molecular weight excluding hydrogens is 264 g/mol. The van der Waals surface area contributed by atoms with Gasteiger partial charge in [-0.1, -0.05) is 18.2 Å². The molecule has 1 aromatic carbocycles. The van der Waals surface area contributed by atoms with E-state index in [0.717, 1.165) is 43.8 Å². The van der Waals surface area contributed by atoms with Crippen LogP contribution in [0.5, 0.6) is 5.75 Å². The van der Waals surface area contributed by atoms with Crippen molar-refractivity contribution in [2.45, 2.75) is 26.2 Å². The summed E-state index contributed by atoms with van der Waals surface area (Å²) in [5.74, 6) is 1.77. The van der Waals surface area contributed by atoms with E-state index < -0.39 is 0 Å². The fourth-order valence-corrected chi connectivity index (χ4v) is 2.92. The normalized spacial score (nSPS) is 18.0. The highest BCUT2D eigenvalue weighted by atomic mass is 16.5. The van der Waals surface area contributed by atoms with E-state index in [-0.39, 0.29) is 5.91 Å². The van der Waals surface area contributed by atoms with Gasteiger partial charge in [0, 0.05) is 19.5 Å². The number of likely N-dealkylation sites (tertiary alicyclic amines) is 1. The number of hydrogen-bond acceptors (Lipinski definition) is 3. The molecule has 0 spiro atoms. The fraction of sp³-hybridized carbons (Fsp3) is 0.588. The standard InChI is InChI=1S/C17H26N2O2/c1-3-21-16-7-5-4-6-15(16)8-9-17(20)19-11-10-14(13-19)12-18-2/h4-7,14,18H,3,8-13H2,1-2H3/t14-/m0/s1. The summed E-state index contributed by atoms with van der Waals surface area (Å²) in [4.78, 5) is 14.3. The maximum absolute atomic E-state index is 12.3. The number of carbonyl (C=O) groups is 1. The Bertz CT molecular complexity index is 462. The molecular formula is C17H26N2O2. The highest BCUT2D eigenvalue weighted by Gasteiger charge is 2.25. The second kappa shape index (κ2) is 8.03. The summed E-state index contributed by atoms with van der Waals surface area (Å²) >= 11 is 0. The lowest BCUT2D eigenvalue weighted by molar-refractivity contribution is -0.130. The van der Waals surface area contributed by atoms with E-state index in [1.807, 2.05) is 43.1 Å². The second-order valence-electron chi connectivity index (χ2n) is 5.59. The molecule has 4 heteroatoms. The van der Waals surface area contributed by atoms with Crippen molar-refractivity contribution in [3.63, 3.8) is 0 Å². The van der Waals surface area contributed by atoms with Crippen molar-refractivity contribution in [1.82, 2.24) is 10.2 Å². The first-order chi connectivity index (χ1) is 10.2. The molecule has 4 nitrogen and oxygen atoms in total. The van der Waals surface area contributed by atoms with Crippen LogP contribution in [0.2, 0.25) is 0 Å². The van der Waals surface area contributed by atoms with Crippen molar-refractivity contribution >= 4 is 5.91 Å². The van der Waals surface area contributed by atoms with Gasteiger partial charge in [-0.25, -0.2) is 0 Å². The van der Waals surface area contributed by atoms with E-state index in [4.69, 9.17) is 4.74 Å². The summed E-state index contributed by atoms with van der Waals surface area (Å²) in [5, 5.41) is 3.19. The summed E-state index contributed by atoms with van der Waals surface area (Å²) in [6, 6.07) is 7.99. The number of aryl methyl sites for hydroxylation is 1. The Morgan fingerprint density at radius 1 is 1.43 bits per heavy atom. The van der Waals surface area contributed by atoms with Gasteiger partial charge in [0.1, 0.15) is 5.75 Å². The van der Waals surface area contributed by atoms with Crippen molar-refractivity contribution in [2.24, 2.45) is 5.92 Å². The van der Waals surface area contributed by atoms with E-state index in [1.54, 1.807) is 0 Å². The number of para-hydroxylation sites is 1. The van der Waals surface area contributed by atoms with Crippen LogP contribution in [0, 0.1) is 5.92 Å². The van der Waals surface area contributed by atoms with E-state index in [1.165, 1.54) is 0 Å². The highest BCUT2D eigenvalue weighted by molar-refractivity contribution is 5.76. The first-order valence-electron chi connectivity index (χ1n) is 7.87. The number of amides is 1. The first-order valence-corrected chi connectivity index (χ1v) is 7.87.